The van der Waals surface area contributed by atoms with Gasteiger partial charge in [0, 0.05) is 27.6 Å². The van der Waals surface area contributed by atoms with Crippen LogP contribution in [0.3, 0.4) is 0 Å². The van der Waals surface area contributed by atoms with Gasteiger partial charge in [-0.05, 0) is 54.7 Å². The van der Waals surface area contributed by atoms with Crippen LogP contribution in [-0.4, -0.2) is 20.2 Å². The molecule has 3 aromatic rings. The van der Waals surface area contributed by atoms with Gasteiger partial charge in [-0.1, -0.05) is 30.3 Å². The van der Waals surface area contributed by atoms with Crippen LogP contribution in [0.5, 0.6) is 0 Å². The van der Waals surface area contributed by atoms with Crippen molar-refractivity contribution in [3.05, 3.63) is 70.6 Å². The Labute approximate surface area is 184 Å². The maximum atomic E-state index is 12.6. The third-order valence-electron chi connectivity index (χ3n) is 5.30. The molecule has 2 aromatic carbocycles. The van der Waals surface area contributed by atoms with Crippen LogP contribution in [0.2, 0.25) is 0 Å². The van der Waals surface area contributed by atoms with Gasteiger partial charge in [-0.15, -0.1) is 11.3 Å². The second kappa shape index (κ2) is 7.92. The highest BCUT2D eigenvalue weighted by Crippen LogP contribution is 2.48. The number of nitrogen functional groups attached to an aromatic ring is 1. The normalized spacial score (nSPS) is 17.9. The van der Waals surface area contributed by atoms with Crippen molar-refractivity contribution in [1.29, 1.82) is 5.41 Å². The quantitative estimate of drug-likeness (QED) is 0.335. The number of sulfonamides is 1. The van der Waals surface area contributed by atoms with E-state index in [4.69, 9.17) is 16.3 Å². The number of benzene rings is 2. The van der Waals surface area contributed by atoms with Crippen molar-refractivity contribution >= 4 is 38.8 Å². The highest BCUT2D eigenvalue weighted by atomic mass is 32.2. The second-order valence-corrected chi connectivity index (χ2v) is 10.7. The molecule has 9 heteroatoms. The number of hydrogen-bond donors (Lipinski definition) is 4. The molecule has 1 aliphatic carbocycles. The maximum absolute atomic E-state index is 12.6. The first-order valence-corrected chi connectivity index (χ1v) is 12.0. The Hall–Kier alpha value is -3.01. The smallest absolute Gasteiger partial charge is 0.248 e. The van der Waals surface area contributed by atoms with Crippen molar-refractivity contribution in [3.63, 3.8) is 0 Å². The monoisotopic (exact) mass is 454 g/mol. The fourth-order valence-corrected chi connectivity index (χ4v) is 5.76. The van der Waals surface area contributed by atoms with E-state index in [1.807, 2.05) is 25.1 Å². The number of carbonyl (C=O) groups is 1. The topological polar surface area (TPSA) is 139 Å². The molecule has 0 bridgehead atoms. The summed E-state index contributed by atoms with van der Waals surface area (Å²) in [5.74, 6) is -0.0716. The Bertz CT molecular complexity index is 1280. The third kappa shape index (κ3) is 4.53. The van der Waals surface area contributed by atoms with E-state index >= 15 is 0 Å². The molecule has 0 radical (unpaired) electrons. The predicted molar refractivity (Wildman–Crippen MR) is 123 cm³/mol. The molecule has 0 aliphatic heterocycles. The summed E-state index contributed by atoms with van der Waals surface area (Å²) in [7, 11) is -3.81. The second-order valence-electron chi connectivity index (χ2n) is 7.66. The number of carbonyl (C=O) groups excluding carboxylic acids is 1. The van der Waals surface area contributed by atoms with Crippen molar-refractivity contribution in [2.75, 3.05) is 5.32 Å². The Kier molecular flexibility index (Phi) is 5.42. The lowest BCUT2D eigenvalue weighted by molar-refractivity contribution is -0.117. The molecule has 6 N–H and O–H groups in total. The minimum atomic E-state index is -3.81. The first-order chi connectivity index (χ1) is 14.6. The van der Waals surface area contributed by atoms with E-state index in [2.05, 4.69) is 5.32 Å². The SMILES string of the molecule is Cc1cc(-c2ccc(NC(=O)[C@@H]3C[C@@H]3c3cccc(C(=N)N)c3)cc2)c(S(N)(=O)=O)s1. The fourth-order valence-electron chi connectivity index (χ4n) is 3.66. The Morgan fingerprint density at radius 3 is 2.52 bits per heavy atom. The molecule has 4 rings (SSSR count). The largest absolute Gasteiger partial charge is 0.384 e. The van der Waals surface area contributed by atoms with Crippen LogP contribution in [0.25, 0.3) is 11.1 Å². The van der Waals surface area contributed by atoms with E-state index in [0.29, 0.717) is 16.8 Å². The lowest BCUT2D eigenvalue weighted by Crippen LogP contribution is -2.15. The molecule has 1 aromatic heterocycles. The van der Waals surface area contributed by atoms with E-state index in [-0.39, 0.29) is 27.8 Å². The van der Waals surface area contributed by atoms with Crippen LogP contribution in [0.1, 0.15) is 28.3 Å². The first-order valence-electron chi connectivity index (χ1n) is 9.62. The number of hydrogen-bond acceptors (Lipinski definition) is 5. The zero-order valence-corrected chi connectivity index (χ0v) is 18.4. The summed E-state index contributed by atoms with van der Waals surface area (Å²) in [5.41, 5.74) is 9.14. The van der Waals surface area contributed by atoms with E-state index in [1.54, 1.807) is 36.4 Å². The summed E-state index contributed by atoms with van der Waals surface area (Å²) >= 11 is 1.14. The highest BCUT2D eigenvalue weighted by molar-refractivity contribution is 7.91. The van der Waals surface area contributed by atoms with Crippen molar-refractivity contribution < 1.29 is 13.2 Å². The lowest BCUT2D eigenvalue weighted by Gasteiger charge is -2.08. The Balaban J connectivity index is 1.45. The van der Waals surface area contributed by atoms with Gasteiger partial charge in [-0.2, -0.15) is 0 Å². The molecule has 0 spiro atoms. The number of thiophene rings is 1. The zero-order chi connectivity index (χ0) is 22.3. The van der Waals surface area contributed by atoms with E-state index in [1.165, 1.54) is 0 Å². The summed E-state index contributed by atoms with van der Waals surface area (Å²) in [6.45, 7) is 1.83. The van der Waals surface area contributed by atoms with Gasteiger partial charge >= 0.3 is 0 Å². The molecule has 1 saturated carbocycles. The van der Waals surface area contributed by atoms with Crippen LogP contribution in [0, 0.1) is 18.3 Å². The molecule has 1 aliphatic rings. The molecular weight excluding hydrogens is 432 g/mol. The number of nitrogens with two attached hydrogens (primary N) is 2. The molecule has 2 atom stereocenters. The van der Waals surface area contributed by atoms with Crippen LogP contribution < -0.4 is 16.2 Å². The van der Waals surface area contributed by atoms with Crippen LogP contribution in [0.15, 0.2) is 58.8 Å². The molecular formula is C22H22N4O3S2. The zero-order valence-electron chi connectivity index (χ0n) is 16.8. The average molecular weight is 455 g/mol. The maximum Gasteiger partial charge on any atom is 0.248 e. The van der Waals surface area contributed by atoms with E-state index in [9.17, 15) is 13.2 Å². The van der Waals surface area contributed by atoms with E-state index < -0.39 is 10.0 Å². The van der Waals surface area contributed by atoms with Gasteiger partial charge in [0.05, 0.1) is 0 Å². The summed E-state index contributed by atoms with van der Waals surface area (Å²) in [6.07, 6.45) is 0.747. The van der Waals surface area contributed by atoms with Crippen molar-refractivity contribution in [2.24, 2.45) is 16.8 Å². The summed E-state index contributed by atoms with van der Waals surface area (Å²) in [4.78, 5) is 13.5. The van der Waals surface area contributed by atoms with Crippen molar-refractivity contribution in [3.8, 4) is 11.1 Å². The molecule has 1 heterocycles. The number of primary sulfonamides is 1. The summed E-state index contributed by atoms with van der Waals surface area (Å²) in [5, 5.41) is 15.8. The van der Waals surface area contributed by atoms with Gasteiger partial charge in [0.25, 0.3) is 0 Å². The molecule has 0 unspecified atom stereocenters. The molecule has 0 saturated heterocycles. The molecule has 7 nitrogen and oxygen atoms in total. The predicted octanol–water partition coefficient (Wildman–Crippen LogP) is 3.40. The fraction of sp³-hybridized carbons (Fsp3) is 0.182. The number of nitrogens with one attached hydrogen (secondary N) is 2. The summed E-state index contributed by atoms with van der Waals surface area (Å²) < 4.78 is 23.8. The van der Waals surface area contributed by atoms with Gasteiger partial charge in [0.1, 0.15) is 10.0 Å². The molecule has 31 heavy (non-hydrogen) atoms. The van der Waals surface area contributed by atoms with Gasteiger partial charge in [-0.25, -0.2) is 13.6 Å². The molecule has 1 fully saturated rings. The minimum absolute atomic E-state index is 0.00926. The van der Waals surface area contributed by atoms with Gasteiger partial charge < -0.3 is 11.1 Å². The number of amides is 1. The number of amidine groups is 1. The van der Waals surface area contributed by atoms with Crippen LogP contribution in [-0.2, 0) is 14.8 Å². The molecule has 160 valence electrons. The van der Waals surface area contributed by atoms with Crippen LogP contribution >= 0.6 is 11.3 Å². The van der Waals surface area contributed by atoms with Crippen molar-refractivity contribution in [2.45, 2.75) is 23.5 Å². The summed E-state index contributed by atoms with van der Waals surface area (Å²) in [6, 6.07) is 16.3. The third-order valence-corrected chi connectivity index (χ3v) is 7.82. The van der Waals surface area contributed by atoms with Crippen LogP contribution in [0.4, 0.5) is 5.69 Å². The minimum Gasteiger partial charge on any atom is -0.384 e. The Morgan fingerprint density at radius 2 is 1.87 bits per heavy atom. The lowest BCUT2D eigenvalue weighted by atomic mass is 10.0. The highest BCUT2D eigenvalue weighted by Gasteiger charge is 2.44. The van der Waals surface area contributed by atoms with E-state index in [0.717, 1.165) is 33.8 Å². The molecule has 1 amide bonds. The van der Waals surface area contributed by atoms with Crippen molar-refractivity contribution in [1.82, 2.24) is 0 Å². The first kappa shape index (κ1) is 21.2. The van der Waals surface area contributed by atoms with Gasteiger partial charge in [0.15, 0.2) is 0 Å². The van der Waals surface area contributed by atoms with Gasteiger partial charge in [0.2, 0.25) is 15.9 Å². The standard InChI is InChI=1S/C22H22N4O3S2/c1-12-9-18(22(30-12)31(25,28)29)13-5-7-16(8-6-13)26-21(27)19-11-17(19)14-3-2-4-15(10-14)20(23)24/h2-10,17,19H,11H2,1H3,(H3,23,24)(H,26,27)(H2,25,28,29)/t17-,19-/m1/s1. The van der Waals surface area contributed by atoms with Gasteiger partial charge in [-0.3, -0.25) is 10.2 Å². The number of aryl methyl sites for hydroxylation is 1. The Morgan fingerprint density at radius 1 is 1.16 bits per heavy atom. The number of anilines is 1. The number of rotatable bonds is 6. The average Bonchev–Trinajstić information content (AvgIpc) is 3.42.